The Labute approximate surface area is 199 Å². The normalized spacial score (nSPS) is 10.9. The van der Waals surface area contributed by atoms with E-state index in [1.165, 1.54) is 12.1 Å². The van der Waals surface area contributed by atoms with Gasteiger partial charge in [0.2, 0.25) is 0 Å². The molecule has 0 saturated carbocycles. The van der Waals surface area contributed by atoms with Crippen molar-refractivity contribution < 1.29 is 14.0 Å². The van der Waals surface area contributed by atoms with Gasteiger partial charge in [0.25, 0.3) is 5.91 Å². The van der Waals surface area contributed by atoms with Crippen molar-refractivity contribution in [2.24, 2.45) is 4.99 Å². The number of benzene rings is 3. The number of amides is 1. The maximum Gasteiger partial charge on any atom is 0.253 e. The highest BCUT2D eigenvalue weighted by atomic mass is 19.1. The summed E-state index contributed by atoms with van der Waals surface area (Å²) in [5.74, 6) is -0.366. The number of nitrogens with zero attached hydrogens (tertiary/aromatic N) is 2. The molecule has 176 valence electrons. The number of rotatable bonds is 11. The lowest BCUT2D eigenvalue weighted by molar-refractivity contribution is 0.0760. The molecule has 0 unspecified atom stereocenters. The van der Waals surface area contributed by atoms with Gasteiger partial charge in [0.1, 0.15) is 5.82 Å². The van der Waals surface area contributed by atoms with E-state index < -0.39 is 0 Å². The molecule has 1 amide bonds. The van der Waals surface area contributed by atoms with Crippen LogP contribution in [0.25, 0.3) is 11.1 Å². The van der Waals surface area contributed by atoms with Gasteiger partial charge in [0.05, 0.1) is 12.0 Å². The minimum atomic E-state index is -0.291. The van der Waals surface area contributed by atoms with Gasteiger partial charge in [0, 0.05) is 37.3 Å². The molecule has 0 aliphatic rings. The SMILES string of the molecule is CNCCN(CCN/C=N/c1ccccc1C=O)C(=O)c1ccc(-c2cccc(F)c2)c(C)c1. The molecule has 0 heterocycles. The molecule has 0 aromatic heterocycles. The van der Waals surface area contributed by atoms with E-state index in [9.17, 15) is 14.0 Å². The lowest BCUT2D eigenvalue weighted by Gasteiger charge is -2.23. The van der Waals surface area contributed by atoms with E-state index in [-0.39, 0.29) is 11.7 Å². The van der Waals surface area contributed by atoms with E-state index in [0.29, 0.717) is 43.0 Å². The molecular weight excluding hydrogens is 431 g/mol. The molecule has 0 fully saturated rings. The van der Waals surface area contributed by atoms with Gasteiger partial charge in [-0.2, -0.15) is 0 Å². The van der Waals surface area contributed by atoms with E-state index in [1.807, 2.05) is 38.2 Å². The third kappa shape index (κ3) is 6.59. The Morgan fingerprint density at radius 1 is 1.03 bits per heavy atom. The Balaban J connectivity index is 1.66. The van der Waals surface area contributed by atoms with Crippen LogP contribution in [0.3, 0.4) is 0 Å². The van der Waals surface area contributed by atoms with Crippen molar-refractivity contribution in [1.29, 1.82) is 0 Å². The minimum absolute atomic E-state index is 0.0748. The fraction of sp³-hybridized carbons (Fsp3) is 0.222. The molecule has 0 aliphatic heterocycles. The molecule has 0 radical (unpaired) electrons. The van der Waals surface area contributed by atoms with Gasteiger partial charge in [-0.05, 0) is 67.1 Å². The fourth-order valence-corrected chi connectivity index (χ4v) is 3.60. The van der Waals surface area contributed by atoms with Crippen LogP contribution in [0.1, 0.15) is 26.3 Å². The Bertz CT molecular complexity index is 1160. The van der Waals surface area contributed by atoms with Gasteiger partial charge in [-0.1, -0.05) is 30.3 Å². The van der Waals surface area contributed by atoms with Crippen LogP contribution in [0.5, 0.6) is 0 Å². The molecule has 6 nitrogen and oxygen atoms in total. The molecule has 3 rings (SSSR count). The number of halogens is 1. The number of carbonyl (C=O) groups is 2. The molecule has 0 bridgehead atoms. The van der Waals surface area contributed by atoms with Gasteiger partial charge < -0.3 is 15.5 Å². The number of carbonyl (C=O) groups excluding carboxylic acids is 2. The van der Waals surface area contributed by atoms with Crippen molar-refractivity contribution in [3.05, 3.63) is 89.2 Å². The number of hydrogen-bond donors (Lipinski definition) is 2. The number of para-hydroxylation sites is 1. The molecular formula is C27H29FN4O2. The average Bonchev–Trinajstić information content (AvgIpc) is 2.85. The number of hydrogen-bond acceptors (Lipinski definition) is 4. The van der Waals surface area contributed by atoms with Crippen LogP contribution < -0.4 is 10.6 Å². The van der Waals surface area contributed by atoms with E-state index in [1.54, 1.807) is 41.6 Å². The second-order valence-electron chi connectivity index (χ2n) is 7.82. The molecule has 0 aliphatic carbocycles. The van der Waals surface area contributed by atoms with Crippen LogP contribution in [0, 0.1) is 12.7 Å². The minimum Gasteiger partial charge on any atom is -0.374 e. The first-order valence-electron chi connectivity index (χ1n) is 11.1. The molecule has 0 spiro atoms. The third-order valence-electron chi connectivity index (χ3n) is 5.41. The Morgan fingerprint density at radius 3 is 2.56 bits per heavy atom. The highest BCUT2D eigenvalue weighted by Crippen LogP contribution is 2.25. The van der Waals surface area contributed by atoms with Gasteiger partial charge in [-0.25, -0.2) is 9.38 Å². The lowest BCUT2D eigenvalue weighted by atomic mass is 9.98. The van der Waals surface area contributed by atoms with E-state index >= 15 is 0 Å². The van der Waals surface area contributed by atoms with Crippen molar-refractivity contribution in [1.82, 2.24) is 15.5 Å². The van der Waals surface area contributed by atoms with Crippen LogP contribution in [-0.2, 0) is 0 Å². The fourth-order valence-electron chi connectivity index (χ4n) is 3.60. The highest BCUT2D eigenvalue weighted by molar-refractivity contribution is 5.95. The third-order valence-corrected chi connectivity index (χ3v) is 5.41. The van der Waals surface area contributed by atoms with Gasteiger partial charge in [0.15, 0.2) is 6.29 Å². The quantitative estimate of drug-likeness (QED) is 0.194. The Hall–Kier alpha value is -3.84. The summed E-state index contributed by atoms with van der Waals surface area (Å²) in [5, 5.41) is 6.17. The average molecular weight is 461 g/mol. The monoisotopic (exact) mass is 460 g/mol. The van der Waals surface area contributed by atoms with Crippen LogP contribution >= 0.6 is 0 Å². The van der Waals surface area contributed by atoms with Gasteiger partial charge >= 0.3 is 0 Å². The summed E-state index contributed by atoms with van der Waals surface area (Å²) in [6.07, 6.45) is 2.31. The number of nitrogens with one attached hydrogen (secondary N) is 2. The number of aryl methyl sites for hydroxylation is 1. The maximum absolute atomic E-state index is 13.6. The predicted molar refractivity (Wildman–Crippen MR) is 134 cm³/mol. The Morgan fingerprint density at radius 2 is 1.82 bits per heavy atom. The molecule has 2 N–H and O–H groups in total. The zero-order chi connectivity index (χ0) is 24.3. The summed E-state index contributed by atoms with van der Waals surface area (Å²) < 4.78 is 13.6. The summed E-state index contributed by atoms with van der Waals surface area (Å²) in [6, 6.07) is 19.0. The zero-order valence-electron chi connectivity index (χ0n) is 19.4. The van der Waals surface area contributed by atoms with Crippen molar-refractivity contribution in [2.75, 3.05) is 33.2 Å². The standard InChI is InChI=1S/C27H29FN4O2/c1-20-16-22(10-11-25(20)21-7-5-8-24(28)17-21)27(34)32(14-12-29-2)15-13-30-19-31-26-9-4-3-6-23(26)18-33/h3-11,16-19,29H,12-15H2,1-2H3,(H,30,31). The van der Waals surface area contributed by atoms with Crippen molar-refractivity contribution in [3.8, 4) is 11.1 Å². The molecule has 3 aromatic carbocycles. The van der Waals surface area contributed by atoms with E-state index in [2.05, 4.69) is 15.6 Å². The predicted octanol–water partition coefficient (Wildman–Crippen LogP) is 4.22. The summed E-state index contributed by atoms with van der Waals surface area (Å²) in [7, 11) is 1.84. The van der Waals surface area contributed by atoms with Crippen LogP contribution in [0.4, 0.5) is 10.1 Å². The summed E-state index contributed by atoms with van der Waals surface area (Å²) in [6.45, 7) is 4.11. The van der Waals surface area contributed by atoms with Crippen LogP contribution in [0.2, 0.25) is 0 Å². The highest BCUT2D eigenvalue weighted by Gasteiger charge is 2.16. The topological polar surface area (TPSA) is 73.8 Å². The van der Waals surface area contributed by atoms with Gasteiger partial charge in [-0.3, -0.25) is 9.59 Å². The van der Waals surface area contributed by atoms with Crippen molar-refractivity contribution >= 4 is 24.2 Å². The van der Waals surface area contributed by atoms with Crippen molar-refractivity contribution in [2.45, 2.75) is 6.92 Å². The maximum atomic E-state index is 13.6. The largest absolute Gasteiger partial charge is 0.374 e. The number of likely N-dealkylation sites (N-methyl/N-ethyl adjacent to an activating group) is 1. The first-order chi connectivity index (χ1) is 16.5. The molecule has 3 aromatic rings. The summed E-state index contributed by atoms with van der Waals surface area (Å²) in [5.41, 5.74) is 4.27. The van der Waals surface area contributed by atoms with Gasteiger partial charge in [-0.15, -0.1) is 0 Å². The molecule has 0 saturated heterocycles. The molecule has 0 atom stereocenters. The molecule has 34 heavy (non-hydrogen) atoms. The molecule has 7 heteroatoms. The zero-order valence-corrected chi connectivity index (χ0v) is 19.4. The smallest absolute Gasteiger partial charge is 0.253 e. The van der Waals surface area contributed by atoms with Crippen LogP contribution in [-0.4, -0.2) is 56.7 Å². The van der Waals surface area contributed by atoms with Crippen LogP contribution in [0.15, 0.2) is 71.7 Å². The van der Waals surface area contributed by atoms with E-state index in [0.717, 1.165) is 23.0 Å². The second kappa shape index (κ2) is 12.4. The Kier molecular flexibility index (Phi) is 9.05. The first-order valence-corrected chi connectivity index (χ1v) is 11.1. The first kappa shape index (κ1) is 24.8. The lowest BCUT2D eigenvalue weighted by Crippen LogP contribution is -2.40. The number of aliphatic imine (C=N–C) groups is 1. The summed E-state index contributed by atoms with van der Waals surface area (Å²) in [4.78, 5) is 30.4. The second-order valence-corrected chi connectivity index (χ2v) is 7.82. The number of aldehydes is 1. The van der Waals surface area contributed by atoms with E-state index in [4.69, 9.17) is 0 Å². The summed E-state index contributed by atoms with van der Waals surface area (Å²) >= 11 is 0. The van der Waals surface area contributed by atoms with Crippen molar-refractivity contribution in [3.63, 3.8) is 0 Å².